The van der Waals surface area contributed by atoms with E-state index >= 15 is 0 Å². The molecule has 1 saturated carbocycles. The van der Waals surface area contributed by atoms with Crippen molar-refractivity contribution in [2.75, 3.05) is 0 Å². The van der Waals surface area contributed by atoms with E-state index < -0.39 is 11.7 Å². The van der Waals surface area contributed by atoms with Gasteiger partial charge in [0.2, 0.25) is 0 Å². The maximum atomic E-state index is 9.16. The molecule has 0 aliphatic heterocycles. The second kappa shape index (κ2) is 3.42. The molecule has 0 amide bonds. The van der Waals surface area contributed by atoms with E-state index in [1.165, 1.54) is 0 Å². The lowest BCUT2D eigenvalue weighted by Crippen LogP contribution is -2.43. The highest BCUT2D eigenvalue weighted by Crippen LogP contribution is 2.36. The Morgan fingerprint density at radius 1 is 1.50 bits per heavy atom. The van der Waals surface area contributed by atoms with Crippen molar-refractivity contribution in [1.82, 2.24) is 0 Å². The molecule has 2 unspecified atom stereocenters. The van der Waals surface area contributed by atoms with Crippen molar-refractivity contribution in [3.05, 3.63) is 0 Å². The van der Waals surface area contributed by atoms with Gasteiger partial charge in [0.1, 0.15) is 0 Å². The SMILES string of the molecule is CC(O)C(C)OC1(C#N)CCC1. The van der Waals surface area contributed by atoms with Crippen LogP contribution in [0.5, 0.6) is 0 Å². The summed E-state index contributed by atoms with van der Waals surface area (Å²) in [5, 5.41) is 18.0. The number of ether oxygens (including phenoxy) is 1. The first-order valence-corrected chi connectivity index (χ1v) is 4.37. The van der Waals surface area contributed by atoms with Crippen molar-refractivity contribution in [3.63, 3.8) is 0 Å². The molecule has 0 radical (unpaired) electrons. The Labute approximate surface area is 73.0 Å². The van der Waals surface area contributed by atoms with E-state index in [0.29, 0.717) is 0 Å². The van der Waals surface area contributed by atoms with Crippen LogP contribution in [0.25, 0.3) is 0 Å². The normalized spacial score (nSPS) is 25.2. The predicted molar refractivity (Wildman–Crippen MR) is 44.4 cm³/mol. The highest BCUT2D eigenvalue weighted by molar-refractivity contribution is 5.08. The van der Waals surface area contributed by atoms with Crippen molar-refractivity contribution in [2.45, 2.75) is 50.9 Å². The van der Waals surface area contributed by atoms with Gasteiger partial charge in [-0.05, 0) is 33.1 Å². The van der Waals surface area contributed by atoms with Crippen LogP contribution < -0.4 is 0 Å². The number of nitriles is 1. The van der Waals surface area contributed by atoms with Gasteiger partial charge in [0.15, 0.2) is 5.60 Å². The van der Waals surface area contributed by atoms with Crippen LogP contribution in [0.4, 0.5) is 0 Å². The minimum Gasteiger partial charge on any atom is -0.391 e. The molecule has 0 aromatic rings. The van der Waals surface area contributed by atoms with Gasteiger partial charge in [0.05, 0.1) is 18.3 Å². The molecule has 0 bridgehead atoms. The summed E-state index contributed by atoms with van der Waals surface area (Å²) in [6.07, 6.45) is 1.92. The molecule has 0 saturated heterocycles. The zero-order valence-electron chi connectivity index (χ0n) is 7.58. The molecule has 3 heteroatoms. The molecule has 1 N–H and O–H groups in total. The first-order chi connectivity index (χ1) is 5.59. The summed E-state index contributed by atoms with van der Waals surface area (Å²) in [7, 11) is 0. The minimum absolute atomic E-state index is 0.245. The molecule has 1 fully saturated rings. The second-order valence-corrected chi connectivity index (χ2v) is 3.52. The molecular formula is C9H15NO2. The number of aliphatic hydroxyl groups is 1. The number of hydrogen-bond acceptors (Lipinski definition) is 3. The third-order valence-electron chi connectivity index (χ3n) is 2.46. The third kappa shape index (κ3) is 1.77. The van der Waals surface area contributed by atoms with Crippen LogP contribution >= 0.6 is 0 Å². The maximum Gasteiger partial charge on any atom is 0.154 e. The Morgan fingerprint density at radius 3 is 2.33 bits per heavy atom. The minimum atomic E-state index is -0.587. The number of rotatable bonds is 3. The Bertz CT molecular complexity index is 191. The fourth-order valence-electron chi connectivity index (χ4n) is 1.21. The summed E-state index contributed by atoms with van der Waals surface area (Å²) < 4.78 is 5.47. The Hall–Kier alpha value is -0.590. The van der Waals surface area contributed by atoms with Gasteiger partial charge in [0, 0.05) is 0 Å². The molecule has 68 valence electrons. The lowest BCUT2D eigenvalue weighted by atomic mass is 9.81. The van der Waals surface area contributed by atoms with Gasteiger partial charge in [-0.2, -0.15) is 5.26 Å². The molecule has 2 atom stereocenters. The predicted octanol–water partition coefficient (Wildman–Crippen LogP) is 1.22. The summed E-state index contributed by atoms with van der Waals surface area (Å²) in [5.74, 6) is 0. The Kier molecular flexibility index (Phi) is 2.71. The monoisotopic (exact) mass is 169 g/mol. The van der Waals surface area contributed by atoms with E-state index in [9.17, 15) is 0 Å². The molecule has 1 aliphatic rings. The van der Waals surface area contributed by atoms with Gasteiger partial charge in [-0.3, -0.25) is 0 Å². The number of hydrogen-bond donors (Lipinski definition) is 1. The summed E-state index contributed by atoms with van der Waals surface area (Å²) in [4.78, 5) is 0. The topological polar surface area (TPSA) is 53.2 Å². The average molecular weight is 169 g/mol. The largest absolute Gasteiger partial charge is 0.391 e. The van der Waals surface area contributed by atoms with Gasteiger partial charge in [0.25, 0.3) is 0 Å². The first kappa shape index (κ1) is 9.50. The molecule has 1 aliphatic carbocycles. The van der Waals surface area contributed by atoms with Crippen LogP contribution in [0.15, 0.2) is 0 Å². The molecular weight excluding hydrogens is 154 g/mol. The zero-order chi connectivity index (χ0) is 9.19. The summed E-state index contributed by atoms with van der Waals surface area (Å²) in [6.45, 7) is 3.47. The average Bonchev–Trinajstić information content (AvgIpc) is 1.96. The molecule has 1 rings (SSSR count). The zero-order valence-corrected chi connectivity index (χ0v) is 7.58. The van der Waals surface area contributed by atoms with Gasteiger partial charge in [-0.1, -0.05) is 0 Å². The molecule has 0 aromatic carbocycles. The van der Waals surface area contributed by atoms with E-state index in [0.717, 1.165) is 19.3 Å². The van der Waals surface area contributed by atoms with Crippen LogP contribution in [-0.4, -0.2) is 22.9 Å². The highest BCUT2D eigenvalue weighted by atomic mass is 16.5. The van der Waals surface area contributed by atoms with Crippen molar-refractivity contribution >= 4 is 0 Å². The second-order valence-electron chi connectivity index (χ2n) is 3.52. The summed E-state index contributed by atoms with van der Waals surface area (Å²) in [6, 6.07) is 2.17. The van der Waals surface area contributed by atoms with E-state index in [1.807, 2.05) is 0 Å². The summed E-state index contributed by atoms with van der Waals surface area (Å²) >= 11 is 0. The van der Waals surface area contributed by atoms with Gasteiger partial charge in [-0.15, -0.1) is 0 Å². The van der Waals surface area contributed by atoms with E-state index in [4.69, 9.17) is 15.1 Å². The van der Waals surface area contributed by atoms with Gasteiger partial charge >= 0.3 is 0 Å². The number of aliphatic hydroxyl groups excluding tert-OH is 1. The fraction of sp³-hybridized carbons (Fsp3) is 0.889. The number of nitrogens with zero attached hydrogens (tertiary/aromatic N) is 1. The fourth-order valence-corrected chi connectivity index (χ4v) is 1.21. The van der Waals surface area contributed by atoms with Crippen molar-refractivity contribution in [2.24, 2.45) is 0 Å². The first-order valence-electron chi connectivity index (χ1n) is 4.37. The molecule has 12 heavy (non-hydrogen) atoms. The summed E-state index contributed by atoms with van der Waals surface area (Å²) in [5.41, 5.74) is -0.587. The molecule has 3 nitrogen and oxygen atoms in total. The van der Waals surface area contributed by atoms with Crippen LogP contribution in [-0.2, 0) is 4.74 Å². The van der Waals surface area contributed by atoms with Crippen LogP contribution in [0.3, 0.4) is 0 Å². The van der Waals surface area contributed by atoms with Gasteiger partial charge < -0.3 is 9.84 Å². The van der Waals surface area contributed by atoms with Crippen LogP contribution in [0, 0.1) is 11.3 Å². The highest BCUT2D eigenvalue weighted by Gasteiger charge is 2.40. The molecule has 0 spiro atoms. The van der Waals surface area contributed by atoms with Crippen molar-refractivity contribution < 1.29 is 9.84 Å². The Morgan fingerprint density at radius 2 is 2.08 bits per heavy atom. The van der Waals surface area contributed by atoms with E-state index in [2.05, 4.69) is 6.07 Å². The van der Waals surface area contributed by atoms with E-state index in [-0.39, 0.29) is 6.10 Å². The molecule has 0 heterocycles. The standard InChI is InChI=1S/C9H15NO2/c1-7(11)8(2)12-9(6-10)4-3-5-9/h7-8,11H,3-5H2,1-2H3. The quantitative estimate of drug-likeness (QED) is 0.691. The van der Waals surface area contributed by atoms with Crippen LogP contribution in [0.1, 0.15) is 33.1 Å². The molecule has 0 aromatic heterocycles. The Balaban J connectivity index is 2.44. The lowest BCUT2D eigenvalue weighted by Gasteiger charge is -2.37. The van der Waals surface area contributed by atoms with E-state index in [1.54, 1.807) is 13.8 Å². The third-order valence-corrected chi connectivity index (χ3v) is 2.46. The van der Waals surface area contributed by atoms with Crippen LogP contribution in [0.2, 0.25) is 0 Å². The lowest BCUT2D eigenvalue weighted by molar-refractivity contribution is -0.128. The smallest absolute Gasteiger partial charge is 0.154 e. The van der Waals surface area contributed by atoms with Crippen molar-refractivity contribution in [1.29, 1.82) is 5.26 Å². The van der Waals surface area contributed by atoms with Gasteiger partial charge in [-0.25, -0.2) is 0 Å². The maximum absolute atomic E-state index is 9.16. The van der Waals surface area contributed by atoms with Crippen molar-refractivity contribution in [3.8, 4) is 6.07 Å².